The fourth-order valence-corrected chi connectivity index (χ4v) is 3.49. The van der Waals surface area contributed by atoms with E-state index < -0.39 is 0 Å². The zero-order valence-corrected chi connectivity index (χ0v) is 18.0. The van der Waals surface area contributed by atoms with Crippen LogP contribution in [0.15, 0.2) is 66.7 Å². The van der Waals surface area contributed by atoms with Crippen LogP contribution in [0.25, 0.3) is 11.0 Å². The number of hydrogen-bond donors (Lipinski definition) is 1. The molecule has 4 aromatic rings. The van der Waals surface area contributed by atoms with E-state index in [1.807, 2.05) is 66.1 Å². The van der Waals surface area contributed by atoms with Crippen LogP contribution in [-0.2, 0) is 17.9 Å². The summed E-state index contributed by atoms with van der Waals surface area (Å²) < 4.78 is 13.1. The molecule has 0 unspecified atom stereocenters. The van der Waals surface area contributed by atoms with Crippen LogP contribution in [0.1, 0.15) is 11.4 Å². The van der Waals surface area contributed by atoms with Crippen molar-refractivity contribution in [3.05, 3.63) is 83.1 Å². The molecular formula is C24H22ClN3O3. The summed E-state index contributed by atoms with van der Waals surface area (Å²) in [7, 11) is 1.54. The molecule has 0 saturated heterocycles. The standard InChI is InChI=1S/C24H22ClN3O3/c1-16-12-20(22(30-2)13-18(16)25)27-24(29)14-28-21-11-7-6-10-19(21)26-23(28)15-31-17-8-4-3-5-9-17/h3-13H,14-15H2,1-2H3,(H,27,29). The molecule has 0 aliphatic carbocycles. The van der Waals surface area contributed by atoms with Crippen molar-refractivity contribution >= 4 is 34.2 Å². The lowest BCUT2D eigenvalue weighted by atomic mass is 10.2. The first-order chi connectivity index (χ1) is 15.0. The van der Waals surface area contributed by atoms with Gasteiger partial charge in [0.05, 0.1) is 23.8 Å². The van der Waals surface area contributed by atoms with E-state index in [2.05, 4.69) is 10.3 Å². The number of imidazole rings is 1. The number of carbonyl (C=O) groups excluding carboxylic acids is 1. The molecule has 0 fully saturated rings. The fraction of sp³-hybridized carbons (Fsp3) is 0.167. The van der Waals surface area contributed by atoms with Crippen molar-refractivity contribution in [1.82, 2.24) is 9.55 Å². The Labute approximate surface area is 185 Å². The molecule has 3 aromatic carbocycles. The van der Waals surface area contributed by atoms with E-state index >= 15 is 0 Å². The summed E-state index contributed by atoms with van der Waals surface area (Å²) >= 11 is 6.17. The molecule has 0 atom stereocenters. The topological polar surface area (TPSA) is 65.4 Å². The first-order valence-corrected chi connectivity index (χ1v) is 10.2. The largest absolute Gasteiger partial charge is 0.495 e. The second kappa shape index (κ2) is 9.10. The van der Waals surface area contributed by atoms with E-state index in [-0.39, 0.29) is 19.1 Å². The predicted octanol–water partition coefficient (Wildman–Crippen LogP) is 5.22. The van der Waals surface area contributed by atoms with Crippen molar-refractivity contribution in [2.45, 2.75) is 20.1 Å². The van der Waals surface area contributed by atoms with E-state index in [9.17, 15) is 4.79 Å². The van der Waals surface area contributed by atoms with Crippen LogP contribution < -0.4 is 14.8 Å². The molecule has 158 valence electrons. The van der Waals surface area contributed by atoms with Crippen molar-refractivity contribution in [3.8, 4) is 11.5 Å². The van der Waals surface area contributed by atoms with Crippen LogP contribution in [0.4, 0.5) is 5.69 Å². The molecule has 31 heavy (non-hydrogen) atoms. The molecule has 4 rings (SSSR count). The number of aromatic nitrogens is 2. The summed E-state index contributed by atoms with van der Waals surface area (Å²) in [5.41, 5.74) is 3.09. The summed E-state index contributed by atoms with van der Waals surface area (Å²) in [6.07, 6.45) is 0. The van der Waals surface area contributed by atoms with Crippen LogP contribution in [0, 0.1) is 6.92 Å². The van der Waals surface area contributed by atoms with Crippen LogP contribution >= 0.6 is 11.6 Å². The van der Waals surface area contributed by atoms with Gasteiger partial charge in [0.2, 0.25) is 5.91 Å². The molecular weight excluding hydrogens is 414 g/mol. The van der Waals surface area contributed by atoms with Gasteiger partial charge in [-0.1, -0.05) is 41.9 Å². The number of aryl methyl sites for hydroxylation is 1. The minimum Gasteiger partial charge on any atom is -0.495 e. The third-order valence-corrected chi connectivity index (χ3v) is 5.31. The van der Waals surface area contributed by atoms with Crippen molar-refractivity contribution in [2.75, 3.05) is 12.4 Å². The normalized spacial score (nSPS) is 10.8. The van der Waals surface area contributed by atoms with Crippen LogP contribution in [0.3, 0.4) is 0 Å². The quantitative estimate of drug-likeness (QED) is 0.432. The summed E-state index contributed by atoms with van der Waals surface area (Å²) in [6.45, 7) is 2.20. The molecule has 7 heteroatoms. The van der Waals surface area contributed by atoms with Gasteiger partial charge in [-0.15, -0.1) is 0 Å². The Morgan fingerprint density at radius 2 is 1.84 bits per heavy atom. The zero-order chi connectivity index (χ0) is 21.8. The number of fused-ring (bicyclic) bond motifs is 1. The highest BCUT2D eigenvalue weighted by Gasteiger charge is 2.16. The van der Waals surface area contributed by atoms with Gasteiger partial charge < -0.3 is 19.4 Å². The molecule has 0 spiro atoms. The molecule has 1 heterocycles. The molecule has 6 nitrogen and oxygen atoms in total. The molecule has 1 amide bonds. The van der Waals surface area contributed by atoms with Gasteiger partial charge >= 0.3 is 0 Å². The van der Waals surface area contributed by atoms with Crippen molar-refractivity contribution in [2.24, 2.45) is 0 Å². The fourth-order valence-electron chi connectivity index (χ4n) is 3.34. The number of amides is 1. The Morgan fingerprint density at radius 3 is 2.61 bits per heavy atom. The molecule has 0 radical (unpaired) electrons. The number of para-hydroxylation sites is 3. The Balaban J connectivity index is 1.58. The molecule has 0 aliphatic heterocycles. The molecule has 1 aromatic heterocycles. The lowest BCUT2D eigenvalue weighted by Crippen LogP contribution is -2.21. The molecule has 1 N–H and O–H groups in total. The minimum atomic E-state index is -0.205. The third kappa shape index (κ3) is 4.64. The van der Waals surface area contributed by atoms with Gasteiger partial charge in [0.15, 0.2) is 0 Å². The minimum absolute atomic E-state index is 0.0822. The number of carbonyl (C=O) groups is 1. The van der Waals surface area contributed by atoms with Crippen LogP contribution in [0.2, 0.25) is 5.02 Å². The highest BCUT2D eigenvalue weighted by atomic mass is 35.5. The third-order valence-electron chi connectivity index (χ3n) is 4.90. The van der Waals surface area contributed by atoms with Crippen molar-refractivity contribution in [3.63, 3.8) is 0 Å². The SMILES string of the molecule is COc1cc(Cl)c(C)cc1NC(=O)Cn1c(COc2ccccc2)nc2ccccc21. The first kappa shape index (κ1) is 20.8. The van der Waals surface area contributed by atoms with E-state index in [4.69, 9.17) is 21.1 Å². The molecule has 0 bridgehead atoms. The number of rotatable bonds is 7. The Morgan fingerprint density at radius 1 is 1.10 bits per heavy atom. The summed E-state index contributed by atoms with van der Waals surface area (Å²) in [4.78, 5) is 17.6. The van der Waals surface area contributed by atoms with E-state index in [1.165, 1.54) is 0 Å². The molecule has 0 aliphatic rings. The second-order valence-electron chi connectivity index (χ2n) is 7.05. The lowest BCUT2D eigenvalue weighted by Gasteiger charge is -2.14. The Hall–Kier alpha value is -3.51. The predicted molar refractivity (Wildman–Crippen MR) is 122 cm³/mol. The number of nitrogens with one attached hydrogen (secondary N) is 1. The summed E-state index contributed by atoms with van der Waals surface area (Å²) in [6, 6.07) is 20.7. The lowest BCUT2D eigenvalue weighted by molar-refractivity contribution is -0.116. The Kier molecular flexibility index (Phi) is 6.09. The monoisotopic (exact) mass is 435 g/mol. The maximum absolute atomic E-state index is 12.9. The molecule has 0 saturated carbocycles. The maximum Gasteiger partial charge on any atom is 0.244 e. The van der Waals surface area contributed by atoms with E-state index in [1.54, 1.807) is 19.2 Å². The van der Waals surface area contributed by atoms with Gasteiger partial charge in [0, 0.05) is 11.1 Å². The van der Waals surface area contributed by atoms with Crippen LogP contribution in [-0.4, -0.2) is 22.6 Å². The average molecular weight is 436 g/mol. The highest BCUT2D eigenvalue weighted by Crippen LogP contribution is 2.31. The number of methoxy groups -OCH3 is 1. The van der Waals surface area contributed by atoms with Crippen molar-refractivity contribution < 1.29 is 14.3 Å². The summed E-state index contributed by atoms with van der Waals surface area (Å²) in [5, 5.41) is 3.50. The number of hydrogen-bond acceptors (Lipinski definition) is 4. The van der Waals surface area contributed by atoms with Gasteiger partial charge in [-0.05, 0) is 42.8 Å². The first-order valence-electron chi connectivity index (χ1n) is 9.81. The van der Waals surface area contributed by atoms with Gasteiger partial charge in [-0.2, -0.15) is 0 Å². The number of nitrogens with zero attached hydrogens (tertiary/aromatic N) is 2. The number of anilines is 1. The number of benzene rings is 3. The number of ether oxygens (including phenoxy) is 2. The number of halogens is 1. The van der Waals surface area contributed by atoms with E-state index in [0.29, 0.717) is 22.3 Å². The average Bonchev–Trinajstić information content (AvgIpc) is 3.12. The summed E-state index contributed by atoms with van der Waals surface area (Å²) in [5.74, 6) is 1.71. The van der Waals surface area contributed by atoms with E-state index in [0.717, 1.165) is 22.3 Å². The smallest absolute Gasteiger partial charge is 0.244 e. The van der Waals surface area contributed by atoms with Gasteiger partial charge in [0.1, 0.15) is 30.5 Å². The highest BCUT2D eigenvalue weighted by molar-refractivity contribution is 6.31. The van der Waals surface area contributed by atoms with Gasteiger partial charge in [-0.3, -0.25) is 4.79 Å². The van der Waals surface area contributed by atoms with Crippen LogP contribution in [0.5, 0.6) is 11.5 Å². The Bertz CT molecular complexity index is 1220. The van der Waals surface area contributed by atoms with Gasteiger partial charge in [0.25, 0.3) is 0 Å². The van der Waals surface area contributed by atoms with Gasteiger partial charge in [-0.25, -0.2) is 4.98 Å². The second-order valence-corrected chi connectivity index (χ2v) is 7.46. The zero-order valence-electron chi connectivity index (χ0n) is 17.3. The van der Waals surface area contributed by atoms with Crippen molar-refractivity contribution in [1.29, 1.82) is 0 Å². The maximum atomic E-state index is 12.9.